The average molecular weight is 301 g/mol. The SMILES string of the molecule is CC1CCC(N2c3ccccc3Oc3ccccc32)=N1.Cl. The first-order chi connectivity index (χ1) is 9.83. The number of para-hydroxylation sites is 4. The molecule has 0 bridgehead atoms. The van der Waals surface area contributed by atoms with Crippen LogP contribution >= 0.6 is 12.4 Å². The topological polar surface area (TPSA) is 24.8 Å². The maximum atomic E-state index is 6.00. The molecule has 2 aromatic rings. The van der Waals surface area contributed by atoms with Gasteiger partial charge in [-0.15, -0.1) is 12.4 Å². The highest BCUT2D eigenvalue weighted by atomic mass is 35.5. The van der Waals surface area contributed by atoms with Crippen molar-refractivity contribution in [3.05, 3.63) is 48.5 Å². The van der Waals surface area contributed by atoms with Crippen molar-refractivity contribution in [2.75, 3.05) is 4.90 Å². The molecular weight excluding hydrogens is 284 g/mol. The van der Waals surface area contributed by atoms with E-state index in [1.165, 1.54) is 0 Å². The molecule has 108 valence electrons. The largest absolute Gasteiger partial charge is 0.453 e. The number of amidine groups is 1. The van der Waals surface area contributed by atoms with Crippen molar-refractivity contribution in [1.29, 1.82) is 0 Å². The Morgan fingerprint density at radius 3 is 2.10 bits per heavy atom. The molecule has 1 atom stereocenters. The number of hydrogen-bond donors (Lipinski definition) is 0. The lowest BCUT2D eigenvalue weighted by Crippen LogP contribution is -2.27. The van der Waals surface area contributed by atoms with E-state index in [0.717, 1.165) is 41.6 Å². The van der Waals surface area contributed by atoms with Crippen LogP contribution in [0.4, 0.5) is 11.4 Å². The number of benzene rings is 2. The summed E-state index contributed by atoms with van der Waals surface area (Å²) in [6.45, 7) is 2.17. The summed E-state index contributed by atoms with van der Waals surface area (Å²) in [7, 11) is 0. The standard InChI is InChI=1S/C17H16N2O.ClH/c1-12-10-11-17(18-12)19-13-6-2-4-8-15(13)20-16-9-5-3-7-14(16)19;/h2-9,12H,10-11H2,1H3;1H. The Morgan fingerprint density at radius 1 is 1.00 bits per heavy atom. The van der Waals surface area contributed by atoms with Crippen molar-refractivity contribution < 1.29 is 4.74 Å². The molecule has 0 amide bonds. The minimum absolute atomic E-state index is 0. The minimum atomic E-state index is 0. The molecule has 0 aliphatic carbocycles. The Labute approximate surface area is 130 Å². The van der Waals surface area contributed by atoms with Gasteiger partial charge in [0.1, 0.15) is 5.84 Å². The summed E-state index contributed by atoms with van der Waals surface area (Å²) in [6.07, 6.45) is 2.14. The molecule has 2 heterocycles. The van der Waals surface area contributed by atoms with Crippen LogP contribution in [0.1, 0.15) is 19.8 Å². The van der Waals surface area contributed by atoms with Gasteiger partial charge in [-0.05, 0) is 37.6 Å². The molecular formula is C17H17ClN2O. The van der Waals surface area contributed by atoms with Crippen molar-refractivity contribution in [3.8, 4) is 11.5 Å². The number of rotatable bonds is 0. The Hall–Kier alpha value is -2.00. The number of aliphatic imine (C=N–C) groups is 1. The molecule has 3 nitrogen and oxygen atoms in total. The number of fused-ring (bicyclic) bond motifs is 2. The van der Waals surface area contributed by atoms with Crippen molar-refractivity contribution in [3.63, 3.8) is 0 Å². The summed E-state index contributed by atoms with van der Waals surface area (Å²) in [6, 6.07) is 16.7. The van der Waals surface area contributed by atoms with E-state index in [1.54, 1.807) is 0 Å². The van der Waals surface area contributed by atoms with Crippen LogP contribution in [0, 0.1) is 0 Å². The van der Waals surface area contributed by atoms with Gasteiger partial charge in [-0.1, -0.05) is 24.3 Å². The fourth-order valence-corrected chi connectivity index (χ4v) is 2.87. The van der Waals surface area contributed by atoms with E-state index in [2.05, 4.69) is 24.0 Å². The van der Waals surface area contributed by atoms with Crippen molar-refractivity contribution >= 4 is 29.6 Å². The Kier molecular flexibility index (Phi) is 3.60. The fourth-order valence-electron chi connectivity index (χ4n) is 2.87. The Bertz CT molecular complexity index is 653. The third kappa shape index (κ3) is 2.28. The normalized spacial score (nSPS) is 19.0. The van der Waals surface area contributed by atoms with E-state index < -0.39 is 0 Å². The van der Waals surface area contributed by atoms with Crippen LogP contribution in [0.15, 0.2) is 53.5 Å². The smallest absolute Gasteiger partial charge is 0.151 e. The lowest BCUT2D eigenvalue weighted by Gasteiger charge is -2.32. The minimum Gasteiger partial charge on any atom is -0.453 e. The van der Waals surface area contributed by atoms with E-state index in [0.29, 0.717) is 6.04 Å². The molecule has 2 aromatic carbocycles. The van der Waals surface area contributed by atoms with Crippen LogP contribution in [0.3, 0.4) is 0 Å². The zero-order valence-corrected chi connectivity index (χ0v) is 12.6. The summed E-state index contributed by atoms with van der Waals surface area (Å²) in [5.41, 5.74) is 2.16. The van der Waals surface area contributed by atoms with Crippen LogP contribution in [0.25, 0.3) is 0 Å². The number of nitrogens with zero attached hydrogens (tertiary/aromatic N) is 2. The summed E-state index contributed by atoms with van der Waals surface area (Å²) < 4.78 is 6.00. The highest BCUT2D eigenvalue weighted by Gasteiger charge is 2.29. The molecule has 2 aliphatic rings. The van der Waals surface area contributed by atoms with Gasteiger partial charge in [-0.3, -0.25) is 9.89 Å². The van der Waals surface area contributed by atoms with Crippen LogP contribution < -0.4 is 9.64 Å². The van der Waals surface area contributed by atoms with E-state index in [4.69, 9.17) is 9.73 Å². The molecule has 1 unspecified atom stereocenters. The molecule has 0 N–H and O–H groups in total. The van der Waals surface area contributed by atoms with Gasteiger partial charge in [0.2, 0.25) is 0 Å². The van der Waals surface area contributed by atoms with Gasteiger partial charge >= 0.3 is 0 Å². The van der Waals surface area contributed by atoms with Crippen LogP contribution in [-0.4, -0.2) is 11.9 Å². The highest BCUT2D eigenvalue weighted by molar-refractivity contribution is 6.08. The van der Waals surface area contributed by atoms with E-state index in [1.807, 2.05) is 36.4 Å². The average Bonchev–Trinajstić information content (AvgIpc) is 2.91. The van der Waals surface area contributed by atoms with Crippen molar-refractivity contribution in [1.82, 2.24) is 0 Å². The van der Waals surface area contributed by atoms with Crippen LogP contribution in [0.5, 0.6) is 11.5 Å². The maximum absolute atomic E-state index is 6.00. The van der Waals surface area contributed by atoms with Crippen molar-refractivity contribution in [2.24, 2.45) is 4.99 Å². The molecule has 0 radical (unpaired) electrons. The third-order valence-corrected chi connectivity index (χ3v) is 3.85. The monoisotopic (exact) mass is 300 g/mol. The van der Waals surface area contributed by atoms with Crippen LogP contribution in [-0.2, 0) is 0 Å². The van der Waals surface area contributed by atoms with E-state index >= 15 is 0 Å². The van der Waals surface area contributed by atoms with Crippen molar-refractivity contribution in [2.45, 2.75) is 25.8 Å². The molecule has 21 heavy (non-hydrogen) atoms. The summed E-state index contributed by atoms with van der Waals surface area (Å²) >= 11 is 0. The third-order valence-electron chi connectivity index (χ3n) is 3.85. The summed E-state index contributed by atoms with van der Waals surface area (Å²) in [5, 5.41) is 0. The Balaban J connectivity index is 0.00000132. The number of hydrogen-bond acceptors (Lipinski definition) is 3. The van der Waals surface area contributed by atoms with E-state index in [-0.39, 0.29) is 12.4 Å². The molecule has 0 saturated heterocycles. The van der Waals surface area contributed by atoms with Gasteiger partial charge in [0.25, 0.3) is 0 Å². The van der Waals surface area contributed by atoms with Crippen LogP contribution in [0.2, 0.25) is 0 Å². The molecule has 0 aromatic heterocycles. The number of anilines is 2. The summed E-state index contributed by atoms with van der Waals surface area (Å²) in [4.78, 5) is 7.04. The quantitative estimate of drug-likeness (QED) is 0.689. The maximum Gasteiger partial charge on any atom is 0.151 e. The molecule has 0 saturated carbocycles. The molecule has 0 spiro atoms. The van der Waals surface area contributed by atoms with Gasteiger partial charge in [0.05, 0.1) is 11.4 Å². The second-order valence-corrected chi connectivity index (χ2v) is 5.31. The first kappa shape index (κ1) is 14.0. The predicted octanol–water partition coefficient (Wildman–Crippen LogP) is 4.93. The fraction of sp³-hybridized carbons (Fsp3) is 0.235. The first-order valence-electron chi connectivity index (χ1n) is 7.05. The molecule has 4 rings (SSSR count). The predicted molar refractivity (Wildman–Crippen MR) is 88.5 cm³/mol. The van der Waals surface area contributed by atoms with Gasteiger partial charge in [0, 0.05) is 12.5 Å². The number of halogens is 1. The lowest BCUT2D eigenvalue weighted by molar-refractivity contribution is 0.477. The first-order valence-corrected chi connectivity index (χ1v) is 7.05. The number of ether oxygens (including phenoxy) is 1. The zero-order valence-electron chi connectivity index (χ0n) is 11.8. The lowest BCUT2D eigenvalue weighted by atomic mass is 10.1. The Morgan fingerprint density at radius 2 is 1.57 bits per heavy atom. The van der Waals surface area contributed by atoms with Gasteiger partial charge in [0.15, 0.2) is 11.5 Å². The molecule has 0 fully saturated rings. The molecule has 4 heteroatoms. The van der Waals surface area contributed by atoms with Gasteiger partial charge in [-0.2, -0.15) is 0 Å². The highest BCUT2D eigenvalue weighted by Crippen LogP contribution is 2.47. The van der Waals surface area contributed by atoms with E-state index in [9.17, 15) is 0 Å². The summed E-state index contributed by atoms with van der Waals surface area (Å²) in [5.74, 6) is 2.93. The second-order valence-electron chi connectivity index (χ2n) is 5.31. The zero-order chi connectivity index (χ0) is 13.5. The van der Waals surface area contributed by atoms with Gasteiger partial charge in [-0.25, -0.2) is 0 Å². The second kappa shape index (κ2) is 5.41. The molecule has 2 aliphatic heterocycles. The van der Waals surface area contributed by atoms with Gasteiger partial charge < -0.3 is 4.74 Å².